The minimum absolute atomic E-state index is 0.0388. The second-order valence-electron chi connectivity index (χ2n) is 14.0. The second-order valence-corrected chi connectivity index (χ2v) is 15.4. The number of hydrogen-bond acceptors (Lipinski definition) is 5. The Hall–Kier alpha value is -5.83. The van der Waals surface area contributed by atoms with Gasteiger partial charge in [0.05, 0.1) is 23.8 Å². The van der Waals surface area contributed by atoms with E-state index >= 15 is 0 Å². The molecule has 52 heavy (non-hydrogen) atoms. The van der Waals surface area contributed by atoms with Crippen LogP contribution in [0, 0.1) is 0 Å². The fraction of sp³-hybridized carbons (Fsp3) is 0.136. The van der Waals surface area contributed by atoms with Crippen molar-refractivity contribution in [2.24, 2.45) is 0 Å². The van der Waals surface area contributed by atoms with E-state index in [-0.39, 0.29) is 22.0 Å². The SMILES string of the molecule is COc1ccc(-c2ccc3c(c2)c2cc4c(cc2n3-c2cc(-c3ccccc3)nc(C3C=CC=CC3)n2)C(C)(C)c2ccccc2-4)cc1S(=O)(=O)O. The van der Waals surface area contributed by atoms with E-state index in [4.69, 9.17) is 14.7 Å². The maximum absolute atomic E-state index is 12.3. The van der Waals surface area contributed by atoms with Crippen LogP contribution in [0.3, 0.4) is 0 Å². The van der Waals surface area contributed by atoms with Gasteiger partial charge in [-0.2, -0.15) is 8.42 Å². The van der Waals surface area contributed by atoms with Crippen molar-refractivity contribution in [3.8, 4) is 45.1 Å². The molecule has 0 saturated heterocycles. The van der Waals surface area contributed by atoms with Crippen LogP contribution in [-0.2, 0) is 15.5 Å². The van der Waals surface area contributed by atoms with E-state index in [0.717, 1.165) is 56.7 Å². The minimum atomic E-state index is -4.52. The highest BCUT2D eigenvalue weighted by atomic mass is 32.2. The lowest BCUT2D eigenvalue weighted by Crippen LogP contribution is -2.15. The van der Waals surface area contributed by atoms with Crippen molar-refractivity contribution in [3.63, 3.8) is 0 Å². The van der Waals surface area contributed by atoms with Gasteiger partial charge < -0.3 is 4.74 Å². The van der Waals surface area contributed by atoms with Crippen molar-refractivity contribution >= 4 is 31.9 Å². The van der Waals surface area contributed by atoms with Crippen LogP contribution in [0.1, 0.15) is 43.1 Å². The van der Waals surface area contributed by atoms with E-state index in [2.05, 4.69) is 109 Å². The Morgan fingerprint density at radius 1 is 0.750 bits per heavy atom. The van der Waals surface area contributed by atoms with Crippen LogP contribution in [0.2, 0.25) is 0 Å². The maximum atomic E-state index is 12.3. The molecule has 0 bridgehead atoms. The lowest BCUT2D eigenvalue weighted by atomic mass is 9.82. The molecule has 5 aromatic carbocycles. The summed E-state index contributed by atoms with van der Waals surface area (Å²) in [6.45, 7) is 4.56. The number of methoxy groups -OCH3 is 1. The fourth-order valence-corrected chi connectivity index (χ4v) is 8.64. The monoisotopic (exact) mass is 701 g/mol. The molecule has 0 radical (unpaired) electrons. The Kier molecular flexibility index (Phi) is 7.33. The lowest BCUT2D eigenvalue weighted by Gasteiger charge is -2.21. The van der Waals surface area contributed by atoms with E-state index in [9.17, 15) is 13.0 Å². The first kappa shape index (κ1) is 32.1. The predicted molar refractivity (Wildman–Crippen MR) is 207 cm³/mol. The molecular formula is C44H35N3O4S. The van der Waals surface area contributed by atoms with Gasteiger partial charge in [0.25, 0.3) is 10.1 Å². The smallest absolute Gasteiger partial charge is 0.298 e. The number of aromatic nitrogens is 3. The van der Waals surface area contributed by atoms with Crippen molar-refractivity contribution in [3.05, 3.63) is 150 Å². The Bertz CT molecular complexity index is 2760. The summed E-state index contributed by atoms with van der Waals surface area (Å²) in [5, 5.41) is 2.04. The van der Waals surface area contributed by atoms with Crippen LogP contribution in [0.15, 0.2) is 138 Å². The van der Waals surface area contributed by atoms with Crippen LogP contribution in [0.5, 0.6) is 5.75 Å². The maximum Gasteiger partial charge on any atom is 0.298 e. The fourth-order valence-electron chi connectivity index (χ4n) is 7.96. The van der Waals surface area contributed by atoms with Gasteiger partial charge in [-0.25, -0.2) is 9.97 Å². The molecule has 2 aliphatic rings. The summed E-state index contributed by atoms with van der Waals surface area (Å²) in [5.74, 6) is 1.65. The Morgan fingerprint density at radius 3 is 2.27 bits per heavy atom. The highest BCUT2D eigenvalue weighted by Crippen LogP contribution is 2.51. The number of allylic oxidation sites excluding steroid dienone is 4. The standard InChI is InChI=1S/C44H35N3O4S/c1-44(2)35-17-11-10-16-31(35)32-24-34-33-22-29(30-19-21-40(51-3)41(23-30)52(48,49)50)18-20-38(33)47(39(34)25-36(32)44)42-26-37(27-12-6-4-7-13-27)45-43(46-42)28-14-8-5-9-15-28/h4-14,16-26,28H,15H2,1-3H3,(H,48,49,50). The zero-order valence-electron chi connectivity index (χ0n) is 28.9. The van der Waals surface area contributed by atoms with Crippen molar-refractivity contribution in [2.75, 3.05) is 7.11 Å². The molecule has 7 aromatic rings. The average molecular weight is 702 g/mol. The predicted octanol–water partition coefficient (Wildman–Crippen LogP) is 10.1. The summed E-state index contributed by atoms with van der Waals surface area (Å²) in [4.78, 5) is 10.1. The molecule has 7 nitrogen and oxygen atoms in total. The molecule has 8 heteroatoms. The van der Waals surface area contributed by atoms with Crippen LogP contribution in [-0.4, -0.2) is 34.6 Å². The van der Waals surface area contributed by atoms with Gasteiger partial charge in [-0.3, -0.25) is 9.12 Å². The van der Waals surface area contributed by atoms with Crippen LogP contribution in [0.4, 0.5) is 0 Å². The summed E-state index contributed by atoms with van der Waals surface area (Å²) < 4.78 is 42.2. The molecule has 9 rings (SSSR count). The van der Waals surface area contributed by atoms with Gasteiger partial charge in [0.1, 0.15) is 22.3 Å². The van der Waals surface area contributed by atoms with Gasteiger partial charge in [0, 0.05) is 33.7 Å². The van der Waals surface area contributed by atoms with Gasteiger partial charge in [0.15, 0.2) is 0 Å². The number of hydrogen-bond donors (Lipinski definition) is 1. The third-order valence-corrected chi connectivity index (χ3v) is 11.5. The highest BCUT2D eigenvalue weighted by molar-refractivity contribution is 7.86. The highest BCUT2D eigenvalue weighted by Gasteiger charge is 2.36. The van der Waals surface area contributed by atoms with Crippen LogP contribution in [0.25, 0.3) is 61.1 Å². The first-order chi connectivity index (χ1) is 25.1. The van der Waals surface area contributed by atoms with Crippen molar-refractivity contribution in [1.29, 1.82) is 0 Å². The van der Waals surface area contributed by atoms with E-state index < -0.39 is 10.1 Å². The van der Waals surface area contributed by atoms with Crippen molar-refractivity contribution < 1.29 is 17.7 Å². The number of fused-ring (bicyclic) bond motifs is 6. The third kappa shape index (κ3) is 5.09. The quantitative estimate of drug-likeness (QED) is 0.174. The van der Waals surface area contributed by atoms with Gasteiger partial charge in [-0.1, -0.05) is 105 Å². The van der Waals surface area contributed by atoms with E-state index in [1.54, 1.807) is 12.1 Å². The Labute approximate surface area is 302 Å². The van der Waals surface area contributed by atoms with Gasteiger partial charge in [0.2, 0.25) is 0 Å². The largest absolute Gasteiger partial charge is 0.495 e. The molecule has 0 fully saturated rings. The molecule has 2 heterocycles. The number of nitrogens with zero attached hydrogens (tertiary/aromatic N) is 3. The number of benzene rings is 5. The van der Waals surface area contributed by atoms with Gasteiger partial charge in [-0.15, -0.1) is 0 Å². The first-order valence-corrected chi connectivity index (χ1v) is 18.7. The molecule has 2 aromatic heterocycles. The zero-order chi connectivity index (χ0) is 35.8. The van der Waals surface area contributed by atoms with E-state index in [1.807, 2.05) is 24.3 Å². The molecule has 0 saturated carbocycles. The van der Waals surface area contributed by atoms with Crippen LogP contribution < -0.4 is 4.74 Å². The number of rotatable bonds is 6. The molecule has 2 aliphatic carbocycles. The molecule has 1 N–H and O–H groups in total. The molecular weight excluding hydrogens is 667 g/mol. The third-order valence-electron chi connectivity index (χ3n) is 10.6. The van der Waals surface area contributed by atoms with Crippen molar-refractivity contribution in [1.82, 2.24) is 14.5 Å². The summed E-state index contributed by atoms with van der Waals surface area (Å²) in [6.07, 6.45) is 9.25. The van der Waals surface area contributed by atoms with Gasteiger partial charge in [-0.05, 0) is 76.2 Å². The van der Waals surface area contributed by atoms with E-state index in [0.29, 0.717) is 5.56 Å². The Morgan fingerprint density at radius 2 is 1.50 bits per heavy atom. The minimum Gasteiger partial charge on any atom is -0.495 e. The molecule has 1 atom stereocenters. The summed E-state index contributed by atoms with van der Waals surface area (Å²) >= 11 is 0. The lowest BCUT2D eigenvalue weighted by molar-refractivity contribution is 0.397. The molecule has 0 aliphatic heterocycles. The summed E-state index contributed by atoms with van der Waals surface area (Å²) in [7, 11) is -3.14. The number of ether oxygens (including phenoxy) is 1. The second kappa shape index (κ2) is 11.9. The normalized spacial score (nSPS) is 16.0. The summed E-state index contributed by atoms with van der Waals surface area (Å²) in [6, 6.07) is 36.5. The molecule has 1 unspecified atom stereocenters. The van der Waals surface area contributed by atoms with Gasteiger partial charge >= 0.3 is 0 Å². The van der Waals surface area contributed by atoms with E-state index in [1.165, 1.54) is 35.4 Å². The van der Waals surface area contributed by atoms with Crippen molar-refractivity contribution in [2.45, 2.75) is 36.5 Å². The molecule has 256 valence electrons. The molecule has 0 spiro atoms. The molecule has 0 amide bonds. The average Bonchev–Trinajstić information content (AvgIpc) is 3.61. The Balaban J connectivity index is 1.35. The topological polar surface area (TPSA) is 94.3 Å². The zero-order valence-corrected chi connectivity index (χ0v) is 29.7. The first-order valence-electron chi connectivity index (χ1n) is 17.3. The summed E-state index contributed by atoms with van der Waals surface area (Å²) in [5.41, 5.74) is 10.0. The van der Waals surface area contributed by atoms with Crippen LogP contribution >= 0.6 is 0 Å².